The first-order valence-corrected chi connectivity index (χ1v) is 6.10. The van der Waals surface area contributed by atoms with Crippen molar-refractivity contribution >= 4 is 18.2 Å². The SMILES string of the molecule is CCOc1cc(/C=N/N2CC(=O)NC2=O)ccc1OC. The number of hydrogen-bond donors (Lipinski definition) is 1. The largest absolute Gasteiger partial charge is 0.493 e. The van der Waals surface area contributed by atoms with Crippen LogP contribution in [-0.4, -0.2) is 43.4 Å². The smallest absolute Gasteiger partial charge is 0.344 e. The second-order valence-corrected chi connectivity index (χ2v) is 4.00. The number of carbonyl (C=O) groups is 2. The molecule has 1 aromatic rings. The zero-order valence-electron chi connectivity index (χ0n) is 11.3. The van der Waals surface area contributed by atoms with E-state index in [4.69, 9.17) is 9.47 Å². The van der Waals surface area contributed by atoms with Crippen LogP contribution in [0.25, 0.3) is 0 Å². The maximum Gasteiger partial charge on any atom is 0.344 e. The van der Waals surface area contributed by atoms with Gasteiger partial charge in [-0.25, -0.2) is 9.80 Å². The fourth-order valence-electron chi connectivity index (χ4n) is 1.70. The minimum absolute atomic E-state index is 0.0657. The number of benzene rings is 1. The minimum atomic E-state index is -0.523. The zero-order valence-corrected chi connectivity index (χ0v) is 11.3. The van der Waals surface area contributed by atoms with Gasteiger partial charge in [0.05, 0.1) is 19.9 Å². The number of urea groups is 1. The lowest BCUT2D eigenvalue weighted by Crippen LogP contribution is -2.24. The summed E-state index contributed by atoms with van der Waals surface area (Å²) in [6, 6.07) is 4.76. The van der Waals surface area contributed by atoms with Crippen LogP contribution in [0.15, 0.2) is 23.3 Å². The van der Waals surface area contributed by atoms with Crippen molar-refractivity contribution in [3.8, 4) is 11.5 Å². The summed E-state index contributed by atoms with van der Waals surface area (Å²) in [5.74, 6) is 0.857. The summed E-state index contributed by atoms with van der Waals surface area (Å²) < 4.78 is 10.6. The summed E-state index contributed by atoms with van der Waals surface area (Å²) in [5.41, 5.74) is 0.737. The van der Waals surface area contributed by atoms with E-state index >= 15 is 0 Å². The van der Waals surface area contributed by atoms with Gasteiger partial charge in [0.25, 0.3) is 0 Å². The van der Waals surface area contributed by atoms with Gasteiger partial charge in [-0.15, -0.1) is 0 Å². The number of methoxy groups -OCH3 is 1. The highest BCUT2D eigenvalue weighted by atomic mass is 16.5. The van der Waals surface area contributed by atoms with Crippen LogP contribution >= 0.6 is 0 Å². The molecule has 0 aliphatic carbocycles. The molecular weight excluding hydrogens is 262 g/mol. The van der Waals surface area contributed by atoms with Crippen LogP contribution in [0.4, 0.5) is 4.79 Å². The number of imide groups is 1. The molecule has 7 heteroatoms. The van der Waals surface area contributed by atoms with Gasteiger partial charge < -0.3 is 9.47 Å². The van der Waals surface area contributed by atoms with E-state index in [-0.39, 0.29) is 12.5 Å². The summed E-state index contributed by atoms with van der Waals surface area (Å²) in [7, 11) is 1.56. The van der Waals surface area contributed by atoms with E-state index in [1.54, 1.807) is 25.3 Å². The summed E-state index contributed by atoms with van der Waals surface area (Å²) >= 11 is 0. The zero-order chi connectivity index (χ0) is 14.5. The number of nitrogens with zero attached hydrogens (tertiary/aromatic N) is 2. The number of amides is 3. The predicted octanol–water partition coefficient (Wildman–Crippen LogP) is 0.980. The van der Waals surface area contributed by atoms with E-state index in [1.165, 1.54) is 6.21 Å². The normalized spacial score (nSPS) is 14.8. The van der Waals surface area contributed by atoms with Crippen molar-refractivity contribution in [1.82, 2.24) is 10.3 Å². The molecule has 1 fully saturated rings. The maximum atomic E-state index is 11.3. The van der Waals surface area contributed by atoms with Crippen LogP contribution in [0.1, 0.15) is 12.5 Å². The van der Waals surface area contributed by atoms with Crippen molar-refractivity contribution in [2.75, 3.05) is 20.3 Å². The van der Waals surface area contributed by atoms with E-state index in [0.717, 1.165) is 10.6 Å². The van der Waals surface area contributed by atoms with Crippen molar-refractivity contribution in [2.24, 2.45) is 5.10 Å². The molecular formula is C13H15N3O4. The molecule has 106 valence electrons. The molecule has 1 aliphatic rings. The third kappa shape index (κ3) is 3.05. The van der Waals surface area contributed by atoms with Gasteiger partial charge in [0, 0.05) is 0 Å². The Labute approximate surface area is 116 Å². The first-order valence-electron chi connectivity index (χ1n) is 6.10. The van der Waals surface area contributed by atoms with Gasteiger partial charge in [-0.05, 0) is 30.7 Å². The fourth-order valence-corrected chi connectivity index (χ4v) is 1.70. The molecule has 0 atom stereocenters. The fraction of sp³-hybridized carbons (Fsp3) is 0.308. The molecule has 1 saturated heterocycles. The van der Waals surface area contributed by atoms with Crippen molar-refractivity contribution in [1.29, 1.82) is 0 Å². The Hall–Kier alpha value is -2.57. The molecule has 0 aromatic heterocycles. The van der Waals surface area contributed by atoms with Crippen molar-refractivity contribution < 1.29 is 19.1 Å². The highest BCUT2D eigenvalue weighted by Crippen LogP contribution is 2.27. The van der Waals surface area contributed by atoms with E-state index in [9.17, 15) is 9.59 Å². The van der Waals surface area contributed by atoms with E-state index in [0.29, 0.717) is 18.1 Å². The Balaban J connectivity index is 2.15. The van der Waals surface area contributed by atoms with Gasteiger partial charge in [-0.1, -0.05) is 0 Å². The van der Waals surface area contributed by atoms with Crippen LogP contribution < -0.4 is 14.8 Å². The lowest BCUT2D eigenvalue weighted by atomic mass is 10.2. The summed E-state index contributed by atoms with van der Waals surface area (Å²) in [6.45, 7) is 2.32. The average Bonchev–Trinajstić information content (AvgIpc) is 2.75. The lowest BCUT2D eigenvalue weighted by molar-refractivity contribution is -0.118. The molecule has 20 heavy (non-hydrogen) atoms. The quantitative estimate of drug-likeness (QED) is 0.642. The van der Waals surface area contributed by atoms with Gasteiger partial charge in [0.2, 0.25) is 5.91 Å². The average molecular weight is 277 g/mol. The second kappa shape index (κ2) is 6.05. The first kappa shape index (κ1) is 13.9. The van der Waals surface area contributed by atoms with Crippen molar-refractivity contribution in [2.45, 2.75) is 6.92 Å². The van der Waals surface area contributed by atoms with E-state index in [1.807, 2.05) is 6.92 Å². The lowest BCUT2D eigenvalue weighted by Gasteiger charge is -2.10. The molecule has 1 N–H and O–H groups in total. The Bertz CT molecular complexity index is 557. The van der Waals surface area contributed by atoms with Gasteiger partial charge in [-0.2, -0.15) is 5.10 Å². The molecule has 0 radical (unpaired) electrons. The topological polar surface area (TPSA) is 80.2 Å². The molecule has 0 spiro atoms. The predicted molar refractivity (Wildman–Crippen MR) is 72.0 cm³/mol. The standard InChI is InChI=1S/C13H15N3O4/c1-3-20-11-6-9(4-5-10(11)19-2)7-14-16-8-12(17)15-13(16)18/h4-7H,3,8H2,1-2H3,(H,15,17,18)/b14-7+. The molecule has 1 aromatic carbocycles. The van der Waals surface area contributed by atoms with E-state index < -0.39 is 6.03 Å². The summed E-state index contributed by atoms with van der Waals surface area (Å²) in [4.78, 5) is 22.3. The number of rotatable bonds is 5. The molecule has 0 saturated carbocycles. The van der Waals surface area contributed by atoms with Crippen LogP contribution in [-0.2, 0) is 4.79 Å². The Morgan fingerprint density at radius 1 is 1.40 bits per heavy atom. The van der Waals surface area contributed by atoms with Crippen LogP contribution in [0.5, 0.6) is 11.5 Å². The highest BCUT2D eigenvalue weighted by molar-refractivity contribution is 6.02. The van der Waals surface area contributed by atoms with Crippen molar-refractivity contribution in [3.63, 3.8) is 0 Å². The molecule has 1 aliphatic heterocycles. The summed E-state index contributed by atoms with van der Waals surface area (Å²) in [5, 5.41) is 7.17. The number of ether oxygens (including phenoxy) is 2. The molecule has 1 heterocycles. The van der Waals surface area contributed by atoms with Crippen LogP contribution in [0, 0.1) is 0 Å². The molecule has 2 rings (SSSR count). The van der Waals surface area contributed by atoms with Gasteiger partial charge in [-0.3, -0.25) is 10.1 Å². The third-order valence-corrected chi connectivity index (χ3v) is 2.61. The first-order chi connectivity index (χ1) is 9.63. The highest BCUT2D eigenvalue weighted by Gasteiger charge is 2.25. The maximum absolute atomic E-state index is 11.3. The summed E-state index contributed by atoms with van der Waals surface area (Å²) in [6.07, 6.45) is 1.49. The molecule has 0 bridgehead atoms. The Morgan fingerprint density at radius 2 is 2.20 bits per heavy atom. The van der Waals surface area contributed by atoms with Gasteiger partial charge >= 0.3 is 6.03 Å². The third-order valence-electron chi connectivity index (χ3n) is 2.61. The number of hydrogen-bond acceptors (Lipinski definition) is 5. The molecule has 7 nitrogen and oxygen atoms in total. The van der Waals surface area contributed by atoms with Gasteiger partial charge in [0.1, 0.15) is 6.54 Å². The van der Waals surface area contributed by atoms with Crippen molar-refractivity contribution in [3.05, 3.63) is 23.8 Å². The Kier molecular flexibility index (Phi) is 4.19. The van der Waals surface area contributed by atoms with Crippen LogP contribution in [0.3, 0.4) is 0 Å². The molecule has 3 amide bonds. The number of hydrazone groups is 1. The van der Waals surface area contributed by atoms with Crippen LogP contribution in [0.2, 0.25) is 0 Å². The van der Waals surface area contributed by atoms with Gasteiger partial charge in [0.15, 0.2) is 11.5 Å². The second-order valence-electron chi connectivity index (χ2n) is 4.00. The van der Waals surface area contributed by atoms with E-state index in [2.05, 4.69) is 10.4 Å². The number of nitrogens with one attached hydrogen (secondary N) is 1. The molecule has 0 unspecified atom stereocenters. The Morgan fingerprint density at radius 3 is 2.80 bits per heavy atom. The minimum Gasteiger partial charge on any atom is -0.493 e. The monoisotopic (exact) mass is 277 g/mol. The number of carbonyl (C=O) groups excluding carboxylic acids is 2.